The second kappa shape index (κ2) is 11.2. The van der Waals surface area contributed by atoms with Gasteiger partial charge < -0.3 is 10.2 Å². The molecular weight excluding hydrogens is 432 g/mol. The van der Waals surface area contributed by atoms with Crippen LogP contribution in [0.5, 0.6) is 0 Å². The second-order valence-electron chi connectivity index (χ2n) is 7.78. The molecule has 0 saturated heterocycles. The van der Waals surface area contributed by atoms with Gasteiger partial charge in [-0.1, -0.05) is 23.9 Å². The molecule has 0 radical (unpaired) electrons. The van der Waals surface area contributed by atoms with Crippen molar-refractivity contribution in [1.82, 2.24) is 4.98 Å². The summed E-state index contributed by atoms with van der Waals surface area (Å²) in [6.07, 6.45) is 5.99. The largest absolute Gasteiger partial charge is 0.476 e. The number of thiazole rings is 1. The van der Waals surface area contributed by atoms with E-state index in [9.17, 15) is 23.5 Å². The molecule has 166 valence electrons. The predicted octanol–water partition coefficient (Wildman–Crippen LogP) is 5.57. The first-order chi connectivity index (χ1) is 14.1. The minimum absolute atomic E-state index is 0.0318. The lowest BCUT2D eigenvalue weighted by atomic mass is 9.90. The summed E-state index contributed by atoms with van der Waals surface area (Å²) in [5.41, 5.74) is -1.12. The molecule has 0 aliphatic heterocycles. The van der Waals surface area contributed by atoms with Crippen LogP contribution in [-0.2, 0) is 4.79 Å². The van der Waals surface area contributed by atoms with Crippen molar-refractivity contribution in [2.45, 2.75) is 62.3 Å². The number of aromatic nitrogens is 1. The van der Waals surface area contributed by atoms with E-state index in [1.807, 2.05) is 12.2 Å². The molecule has 1 heterocycles. The summed E-state index contributed by atoms with van der Waals surface area (Å²) in [4.78, 5) is 27.2. The van der Waals surface area contributed by atoms with Gasteiger partial charge in [0.15, 0.2) is 10.0 Å². The molecule has 1 aliphatic rings. The Morgan fingerprint density at radius 3 is 2.83 bits per heavy atom. The Balaban J connectivity index is 1.83. The number of carbonyl (C=O) groups is 2. The van der Waals surface area contributed by atoms with E-state index in [-0.39, 0.29) is 36.2 Å². The number of carboxylic acids is 1. The molecule has 30 heavy (non-hydrogen) atoms. The molecule has 1 aromatic rings. The fraction of sp³-hybridized carbons (Fsp3) is 0.571. The molecule has 2 rings (SSSR count). The summed E-state index contributed by atoms with van der Waals surface area (Å²) in [7, 11) is 0. The Bertz CT molecular complexity index is 816. The molecule has 0 spiro atoms. The van der Waals surface area contributed by atoms with Crippen molar-refractivity contribution >= 4 is 34.9 Å². The van der Waals surface area contributed by atoms with E-state index in [1.54, 1.807) is 6.92 Å². The number of nitrogens with zero attached hydrogens (tertiary/aromatic N) is 1. The Morgan fingerprint density at radius 1 is 1.47 bits per heavy atom. The van der Waals surface area contributed by atoms with E-state index >= 15 is 0 Å². The molecule has 2 N–H and O–H groups in total. The Labute approximate surface area is 183 Å². The third-order valence-corrected chi connectivity index (χ3v) is 7.26. The standard InChI is InChI=1S/C21H27F2NO4S2/c1-13(22)16(23)7-10-21(2,28)9-3-4-14-5-6-18(25)15(14)8-11-29-20-24-17(12-30-20)19(26)27/h3-4,12,14-15,28H,5-11H2,1-2H3,(H,26,27)/b4-3+,16-13+/t14-,15+,21?/m0/s1. The Morgan fingerprint density at radius 2 is 2.20 bits per heavy atom. The lowest BCUT2D eigenvalue weighted by Gasteiger charge is -2.21. The highest BCUT2D eigenvalue weighted by Crippen LogP contribution is 2.35. The van der Waals surface area contributed by atoms with Crippen LogP contribution in [-0.4, -0.2) is 38.3 Å². The average Bonchev–Trinajstić information content (AvgIpc) is 3.28. The van der Waals surface area contributed by atoms with Crippen LogP contribution in [0.1, 0.15) is 62.9 Å². The first kappa shape index (κ1) is 24.7. The monoisotopic (exact) mass is 459 g/mol. The van der Waals surface area contributed by atoms with E-state index in [1.165, 1.54) is 28.5 Å². The fourth-order valence-electron chi connectivity index (χ4n) is 3.38. The second-order valence-corrected chi connectivity index (χ2v) is 9.98. The molecule has 3 atom stereocenters. The van der Waals surface area contributed by atoms with E-state index < -0.39 is 23.2 Å². The molecule has 1 saturated carbocycles. The lowest BCUT2D eigenvalue weighted by Crippen LogP contribution is -2.23. The lowest BCUT2D eigenvalue weighted by molar-refractivity contribution is -0.121. The van der Waals surface area contributed by atoms with Crippen molar-refractivity contribution < 1.29 is 28.6 Å². The van der Waals surface area contributed by atoms with E-state index in [0.29, 0.717) is 29.4 Å². The minimum Gasteiger partial charge on any atom is -0.476 e. The van der Waals surface area contributed by atoms with Crippen LogP contribution in [0.2, 0.25) is 0 Å². The van der Waals surface area contributed by atoms with Gasteiger partial charge in [0, 0.05) is 29.9 Å². The first-order valence-electron chi connectivity index (χ1n) is 9.83. The number of aliphatic hydroxyl groups is 1. The van der Waals surface area contributed by atoms with Gasteiger partial charge in [-0.25, -0.2) is 18.6 Å². The molecule has 1 aliphatic carbocycles. The summed E-state index contributed by atoms with van der Waals surface area (Å²) in [6, 6.07) is 0. The van der Waals surface area contributed by atoms with Crippen molar-refractivity contribution in [1.29, 1.82) is 0 Å². The molecular formula is C21H27F2NO4S2. The normalized spacial score (nSPS) is 22.4. The maximum absolute atomic E-state index is 13.3. The summed E-state index contributed by atoms with van der Waals surface area (Å²) >= 11 is 2.72. The van der Waals surface area contributed by atoms with Crippen molar-refractivity contribution in [2.75, 3.05) is 5.75 Å². The van der Waals surface area contributed by atoms with E-state index in [0.717, 1.165) is 13.3 Å². The van der Waals surface area contributed by atoms with Crippen molar-refractivity contribution in [2.24, 2.45) is 11.8 Å². The van der Waals surface area contributed by atoms with Gasteiger partial charge in [0.05, 0.1) is 5.60 Å². The highest BCUT2D eigenvalue weighted by Gasteiger charge is 2.32. The quantitative estimate of drug-likeness (QED) is 0.332. The number of rotatable bonds is 11. The third-order valence-electron chi connectivity index (χ3n) is 5.21. The maximum atomic E-state index is 13.3. The van der Waals surface area contributed by atoms with Gasteiger partial charge in [-0.05, 0) is 45.4 Å². The van der Waals surface area contributed by atoms with Crippen LogP contribution < -0.4 is 0 Å². The zero-order chi connectivity index (χ0) is 22.3. The van der Waals surface area contributed by atoms with Crippen LogP contribution in [0.25, 0.3) is 0 Å². The van der Waals surface area contributed by atoms with Crippen LogP contribution >= 0.6 is 23.1 Å². The zero-order valence-corrected chi connectivity index (χ0v) is 18.7. The summed E-state index contributed by atoms with van der Waals surface area (Å²) < 4.78 is 26.8. The van der Waals surface area contributed by atoms with Gasteiger partial charge in [0.2, 0.25) is 0 Å². The number of aromatic carboxylic acids is 1. The van der Waals surface area contributed by atoms with Gasteiger partial charge in [-0.2, -0.15) is 0 Å². The van der Waals surface area contributed by atoms with Crippen molar-refractivity contribution in [3.63, 3.8) is 0 Å². The Hall–Kier alpha value is -1.58. The predicted molar refractivity (Wildman–Crippen MR) is 114 cm³/mol. The third kappa shape index (κ3) is 7.59. The molecule has 0 aromatic carbocycles. The van der Waals surface area contributed by atoms with Crippen LogP contribution in [0.4, 0.5) is 8.78 Å². The molecule has 5 nitrogen and oxygen atoms in total. The SMILES string of the molecule is C/C(F)=C(\F)CCC(C)(O)C/C=C/[C@H]1CCC(=O)[C@@H]1CCSc1nc(C(=O)O)cs1. The average molecular weight is 460 g/mol. The fourth-order valence-corrected chi connectivity index (χ4v) is 5.28. The number of allylic oxidation sites excluding steroid dienone is 3. The summed E-state index contributed by atoms with van der Waals surface area (Å²) in [5.74, 6) is -1.88. The van der Waals surface area contributed by atoms with Crippen molar-refractivity contribution in [3.8, 4) is 0 Å². The zero-order valence-electron chi connectivity index (χ0n) is 17.1. The van der Waals surface area contributed by atoms with Crippen molar-refractivity contribution in [3.05, 3.63) is 34.9 Å². The number of carboxylic acid groups (broad SMARTS) is 1. The van der Waals surface area contributed by atoms with E-state index in [4.69, 9.17) is 5.11 Å². The van der Waals surface area contributed by atoms with Crippen LogP contribution in [0.3, 0.4) is 0 Å². The molecule has 0 amide bonds. The number of hydrogen-bond donors (Lipinski definition) is 2. The molecule has 1 unspecified atom stereocenters. The molecule has 1 fully saturated rings. The van der Waals surface area contributed by atoms with Gasteiger partial charge in [-0.3, -0.25) is 4.79 Å². The first-order valence-corrected chi connectivity index (χ1v) is 11.7. The van der Waals surface area contributed by atoms with Crippen LogP contribution in [0, 0.1) is 11.8 Å². The number of ketones is 1. The molecule has 1 aromatic heterocycles. The number of hydrogen-bond acceptors (Lipinski definition) is 6. The topological polar surface area (TPSA) is 87.5 Å². The van der Waals surface area contributed by atoms with Gasteiger partial charge in [0.25, 0.3) is 0 Å². The molecule has 9 heteroatoms. The summed E-state index contributed by atoms with van der Waals surface area (Å²) in [6.45, 7) is 2.64. The molecule has 0 bridgehead atoms. The number of carbonyl (C=O) groups excluding carboxylic acids is 1. The smallest absolute Gasteiger partial charge is 0.355 e. The van der Waals surface area contributed by atoms with Gasteiger partial charge >= 0.3 is 5.97 Å². The minimum atomic E-state index is -1.15. The van der Waals surface area contributed by atoms with E-state index in [2.05, 4.69) is 4.98 Å². The Kier molecular flexibility index (Phi) is 9.18. The number of thioether (sulfide) groups is 1. The van der Waals surface area contributed by atoms with Crippen LogP contribution in [0.15, 0.2) is 33.5 Å². The number of Topliss-reactive ketones (excluding diaryl/α,β-unsaturated/α-hetero) is 1. The van der Waals surface area contributed by atoms with Gasteiger partial charge in [-0.15, -0.1) is 11.3 Å². The number of halogens is 2. The summed E-state index contributed by atoms with van der Waals surface area (Å²) in [5, 5.41) is 20.8. The highest BCUT2D eigenvalue weighted by molar-refractivity contribution is 8.01. The maximum Gasteiger partial charge on any atom is 0.355 e. The highest BCUT2D eigenvalue weighted by atomic mass is 32.2. The van der Waals surface area contributed by atoms with Gasteiger partial charge in [0.1, 0.15) is 17.4 Å².